The van der Waals surface area contributed by atoms with Crippen LogP contribution in [0.5, 0.6) is 0 Å². The quantitative estimate of drug-likeness (QED) is 0.226. The Labute approximate surface area is 136 Å². The van der Waals surface area contributed by atoms with E-state index in [4.69, 9.17) is 40.9 Å². The van der Waals surface area contributed by atoms with E-state index in [0.717, 1.165) is 0 Å². The van der Waals surface area contributed by atoms with Crippen LogP contribution in [-0.2, 0) is 9.47 Å². The molecule has 2 aliphatic rings. The Bertz CT molecular complexity index is 360. The van der Waals surface area contributed by atoms with Gasteiger partial charge in [-0.3, -0.25) is 0 Å². The summed E-state index contributed by atoms with van der Waals surface area (Å²) in [7, 11) is 0. The molecule has 0 aromatic carbocycles. The van der Waals surface area contributed by atoms with Crippen molar-refractivity contribution in [2.24, 2.45) is 0 Å². The van der Waals surface area contributed by atoms with Crippen molar-refractivity contribution in [1.82, 2.24) is 0 Å². The molecule has 2 heterocycles. The second-order valence-electron chi connectivity index (χ2n) is 5.55. The zero-order chi connectivity index (χ0) is 18.7. The molecule has 144 valence electrons. The first-order chi connectivity index (χ1) is 11.1. The SMILES string of the molecule is OC[C@H]1O[C@@](O)(CO)[C@@H](O)[C@@H]1O.OC[C@H]1O[C@](O)(CO)[C@@H](O)[C@@H]1O. The van der Waals surface area contributed by atoms with Crippen LogP contribution in [0.4, 0.5) is 0 Å². The van der Waals surface area contributed by atoms with Crippen LogP contribution >= 0.6 is 0 Å². The Morgan fingerprint density at radius 1 is 0.625 bits per heavy atom. The Hall–Kier alpha value is -0.480. The van der Waals surface area contributed by atoms with Gasteiger partial charge in [-0.05, 0) is 0 Å². The average Bonchev–Trinajstić information content (AvgIpc) is 2.96. The predicted molar refractivity (Wildman–Crippen MR) is 72.0 cm³/mol. The van der Waals surface area contributed by atoms with Crippen LogP contribution in [-0.4, -0.2) is 126 Å². The number of ether oxygens (including phenoxy) is 2. The number of rotatable bonds is 4. The highest BCUT2D eigenvalue weighted by Gasteiger charge is 2.53. The van der Waals surface area contributed by atoms with Crippen LogP contribution < -0.4 is 0 Å². The lowest BCUT2D eigenvalue weighted by Crippen LogP contribution is -2.46. The van der Waals surface area contributed by atoms with Gasteiger partial charge in [0.15, 0.2) is 0 Å². The fourth-order valence-electron chi connectivity index (χ4n) is 2.30. The zero-order valence-corrected chi connectivity index (χ0v) is 12.6. The molecule has 0 aromatic heterocycles. The van der Waals surface area contributed by atoms with Gasteiger partial charge in [0.05, 0.1) is 26.4 Å². The molecule has 0 bridgehead atoms. The van der Waals surface area contributed by atoms with Gasteiger partial charge in [0.2, 0.25) is 11.6 Å². The minimum atomic E-state index is -2.16. The van der Waals surface area contributed by atoms with Crippen molar-refractivity contribution in [2.75, 3.05) is 26.4 Å². The third-order valence-electron chi connectivity index (χ3n) is 3.86. The minimum absolute atomic E-state index is 0.527. The summed E-state index contributed by atoms with van der Waals surface area (Å²) in [6.07, 6.45) is -8.08. The lowest BCUT2D eigenvalue weighted by Gasteiger charge is -2.22. The smallest absolute Gasteiger partial charge is 0.219 e. The average molecular weight is 360 g/mol. The fraction of sp³-hybridized carbons (Fsp3) is 1.00. The van der Waals surface area contributed by atoms with Crippen LogP contribution in [0.2, 0.25) is 0 Å². The van der Waals surface area contributed by atoms with Gasteiger partial charge in [-0.15, -0.1) is 0 Å². The molecule has 2 aliphatic heterocycles. The van der Waals surface area contributed by atoms with E-state index in [2.05, 4.69) is 9.47 Å². The van der Waals surface area contributed by atoms with Gasteiger partial charge >= 0.3 is 0 Å². The summed E-state index contributed by atoms with van der Waals surface area (Å²) in [5, 5.41) is 89.4. The van der Waals surface area contributed by atoms with Gasteiger partial charge in [-0.1, -0.05) is 0 Å². The van der Waals surface area contributed by atoms with E-state index < -0.39 is 74.6 Å². The Kier molecular flexibility index (Phi) is 7.43. The third-order valence-corrected chi connectivity index (χ3v) is 3.86. The van der Waals surface area contributed by atoms with Crippen molar-refractivity contribution in [3.05, 3.63) is 0 Å². The van der Waals surface area contributed by atoms with E-state index in [-0.39, 0.29) is 0 Å². The monoisotopic (exact) mass is 360 g/mol. The summed E-state index contributed by atoms with van der Waals surface area (Å²) in [5.74, 6) is -4.32. The standard InChI is InChI=1S/2C6H12O6/c2*7-1-3-4(9)5(10)6(11,2-8)12-3/h2*3-5,7-11H,1-2H2/t3-,4-,5+,6+;3-,4-,5+,6-/m11/s1. The number of aliphatic hydroxyl groups is 10. The summed E-state index contributed by atoms with van der Waals surface area (Å²) in [6.45, 7) is -2.72. The van der Waals surface area contributed by atoms with Gasteiger partial charge in [-0.25, -0.2) is 0 Å². The van der Waals surface area contributed by atoms with E-state index in [1.807, 2.05) is 0 Å². The van der Waals surface area contributed by atoms with Crippen molar-refractivity contribution >= 4 is 0 Å². The Morgan fingerprint density at radius 2 is 0.917 bits per heavy atom. The van der Waals surface area contributed by atoms with Gasteiger partial charge in [0.25, 0.3) is 0 Å². The first kappa shape index (κ1) is 21.6. The van der Waals surface area contributed by atoms with Crippen molar-refractivity contribution in [2.45, 2.75) is 48.2 Å². The normalized spacial score (nSPS) is 48.2. The van der Waals surface area contributed by atoms with Crippen LogP contribution in [0.25, 0.3) is 0 Å². The molecule has 0 aliphatic carbocycles. The summed E-state index contributed by atoms with van der Waals surface area (Å²) in [4.78, 5) is 0. The molecule has 2 fully saturated rings. The van der Waals surface area contributed by atoms with Crippen molar-refractivity contribution < 1.29 is 60.5 Å². The minimum Gasteiger partial charge on any atom is -0.394 e. The number of hydrogen-bond acceptors (Lipinski definition) is 12. The van der Waals surface area contributed by atoms with E-state index in [1.54, 1.807) is 0 Å². The third kappa shape index (κ3) is 4.01. The maximum absolute atomic E-state index is 9.25. The van der Waals surface area contributed by atoms with Crippen LogP contribution in [0, 0.1) is 0 Å². The lowest BCUT2D eigenvalue weighted by atomic mass is 10.1. The summed E-state index contributed by atoms with van der Waals surface area (Å²) in [5.41, 5.74) is 0. The molecule has 0 spiro atoms. The number of hydrogen-bond donors (Lipinski definition) is 10. The molecule has 0 unspecified atom stereocenters. The van der Waals surface area contributed by atoms with Crippen LogP contribution in [0.1, 0.15) is 0 Å². The van der Waals surface area contributed by atoms with Crippen LogP contribution in [0.3, 0.4) is 0 Å². The highest BCUT2D eigenvalue weighted by Crippen LogP contribution is 2.29. The number of aliphatic hydroxyl groups excluding tert-OH is 8. The molecular formula is C12H24O12. The van der Waals surface area contributed by atoms with Gasteiger partial charge in [-0.2, -0.15) is 0 Å². The zero-order valence-electron chi connectivity index (χ0n) is 12.6. The van der Waals surface area contributed by atoms with E-state index in [1.165, 1.54) is 0 Å². The lowest BCUT2D eigenvalue weighted by molar-refractivity contribution is -0.248. The second kappa shape index (κ2) is 8.27. The van der Waals surface area contributed by atoms with Gasteiger partial charge < -0.3 is 60.5 Å². The van der Waals surface area contributed by atoms with Gasteiger partial charge in [0.1, 0.15) is 36.6 Å². The van der Waals surface area contributed by atoms with Crippen molar-refractivity contribution in [1.29, 1.82) is 0 Å². The van der Waals surface area contributed by atoms with Crippen molar-refractivity contribution in [3.8, 4) is 0 Å². The first-order valence-electron chi connectivity index (χ1n) is 7.06. The molecule has 8 atom stereocenters. The molecule has 12 nitrogen and oxygen atoms in total. The molecule has 0 amide bonds. The first-order valence-corrected chi connectivity index (χ1v) is 7.06. The molecule has 12 heteroatoms. The predicted octanol–water partition coefficient (Wildman–Crippen LogP) is -6.44. The molecular weight excluding hydrogens is 336 g/mol. The topological polar surface area (TPSA) is 221 Å². The molecule has 0 aromatic rings. The van der Waals surface area contributed by atoms with E-state index in [0.29, 0.717) is 0 Å². The van der Waals surface area contributed by atoms with Gasteiger partial charge in [0, 0.05) is 0 Å². The molecule has 0 saturated carbocycles. The molecule has 10 N–H and O–H groups in total. The van der Waals surface area contributed by atoms with E-state index in [9.17, 15) is 10.2 Å². The summed E-state index contributed by atoms with van der Waals surface area (Å²) >= 11 is 0. The molecule has 24 heavy (non-hydrogen) atoms. The van der Waals surface area contributed by atoms with Crippen LogP contribution in [0.15, 0.2) is 0 Å². The summed E-state index contributed by atoms with van der Waals surface area (Å²) in [6, 6.07) is 0. The molecule has 2 rings (SSSR count). The highest BCUT2D eigenvalue weighted by molar-refractivity contribution is 4.95. The van der Waals surface area contributed by atoms with E-state index >= 15 is 0 Å². The highest BCUT2D eigenvalue weighted by atomic mass is 16.7. The van der Waals surface area contributed by atoms with Crippen molar-refractivity contribution in [3.63, 3.8) is 0 Å². The fourth-order valence-corrected chi connectivity index (χ4v) is 2.30. The maximum atomic E-state index is 9.25. The largest absolute Gasteiger partial charge is 0.394 e. The molecule has 2 saturated heterocycles. The Balaban J connectivity index is 0.000000240. The summed E-state index contributed by atoms with van der Waals surface area (Å²) < 4.78 is 9.25. The molecule has 0 radical (unpaired) electrons. The Morgan fingerprint density at radius 3 is 1.04 bits per heavy atom. The maximum Gasteiger partial charge on any atom is 0.219 e. The second-order valence-corrected chi connectivity index (χ2v) is 5.55.